The Morgan fingerprint density at radius 3 is 2.12 bits per heavy atom. The summed E-state index contributed by atoms with van der Waals surface area (Å²) >= 11 is 3.77. The highest BCUT2D eigenvalue weighted by molar-refractivity contribution is 7.23. The Bertz CT molecular complexity index is 1090. The lowest BCUT2D eigenvalue weighted by molar-refractivity contribution is 1.25. The molecule has 4 aromatic rings. The van der Waals surface area contributed by atoms with Crippen molar-refractivity contribution in [1.29, 1.82) is 0 Å². The molecule has 2 heterocycles. The Kier molecular flexibility index (Phi) is 3.44. The number of hydrogen-bond acceptors (Lipinski definition) is 2. The molecule has 0 unspecified atom stereocenters. The average molecular weight is 359 g/mol. The Hall–Kier alpha value is -2.16. The molecule has 2 aromatic heterocycles. The largest absolute Gasteiger partial charge is 0.140 e. The first-order valence-electron chi connectivity index (χ1n) is 8.57. The minimum Gasteiger partial charge on any atom is -0.140 e. The van der Waals surface area contributed by atoms with Crippen LogP contribution >= 0.6 is 22.7 Å². The maximum Gasteiger partial charge on any atom is 0.0449 e. The zero-order chi connectivity index (χ0) is 17.0. The summed E-state index contributed by atoms with van der Waals surface area (Å²) in [6.45, 7) is 4.34. The fourth-order valence-electron chi connectivity index (χ4n) is 3.69. The summed E-state index contributed by atoms with van der Waals surface area (Å²) in [6, 6.07) is 22.8. The summed E-state index contributed by atoms with van der Waals surface area (Å²) in [5.41, 5.74) is 8.43. The van der Waals surface area contributed by atoms with Gasteiger partial charge in [-0.1, -0.05) is 35.9 Å². The molecule has 122 valence electrons. The van der Waals surface area contributed by atoms with Crippen LogP contribution in [0.1, 0.15) is 21.6 Å². The summed E-state index contributed by atoms with van der Waals surface area (Å²) in [5.74, 6) is 0. The van der Waals surface area contributed by atoms with Crippen molar-refractivity contribution in [3.63, 3.8) is 0 Å². The second-order valence-electron chi connectivity index (χ2n) is 6.78. The van der Waals surface area contributed by atoms with Crippen LogP contribution in [-0.4, -0.2) is 0 Å². The topological polar surface area (TPSA) is 0 Å². The van der Waals surface area contributed by atoms with Crippen LogP contribution in [0.4, 0.5) is 0 Å². The van der Waals surface area contributed by atoms with Gasteiger partial charge in [0.1, 0.15) is 0 Å². The van der Waals surface area contributed by atoms with Crippen LogP contribution in [0.25, 0.3) is 31.3 Å². The zero-order valence-electron chi connectivity index (χ0n) is 14.3. The number of benzene rings is 2. The monoisotopic (exact) mass is 358 g/mol. The fourth-order valence-corrected chi connectivity index (χ4v) is 5.65. The first-order valence-corrected chi connectivity index (χ1v) is 10.2. The Labute approximate surface area is 156 Å². The number of thiophene rings is 2. The van der Waals surface area contributed by atoms with Crippen molar-refractivity contribution in [2.24, 2.45) is 0 Å². The lowest BCUT2D eigenvalue weighted by Gasteiger charge is -2.04. The van der Waals surface area contributed by atoms with Crippen molar-refractivity contribution >= 4 is 22.7 Å². The highest BCUT2D eigenvalue weighted by Gasteiger charge is 2.19. The van der Waals surface area contributed by atoms with Gasteiger partial charge in [-0.2, -0.15) is 0 Å². The van der Waals surface area contributed by atoms with Crippen molar-refractivity contribution in [2.45, 2.75) is 20.3 Å². The molecule has 1 aliphatic carbocycles. The van der Waals surface area contributed by atoms with Gasteiger partial charge in [0.05, 0.1) is 0 Å². The zero-order valence-corrected chi connectivity index (χ0v) is 15.9. The molecule has 0 amide bonds. The van der Waals surface area contributed by atoms with Gasteiger partial charge in [-0.15, -0.1) is 22.7 Å². The molecule has 0 bridgehead atoms. The van der Waals surface area contributed by atoms with Crippen LogP contribution in [0.3, 0.4) is 0 Å². The lowest BCUT2D eigenvalue weighted by atomic mass is 10.0. The van der Waals surface area contributed by atoms with Crippen molar-refractivity contribution in [3.05, 3.63) is 82.2 Å². The number of hydrogen-bond donors (Lipinski definition) is 0. The van der Waals surface area contributed by atoms with E-state index < -0.39 is 0 Å². The van der Waals surface area contributed by atoms with E-state index in [9.17, 15) is 0 Å². The molecular formula is C23H18S2. The van der Waals surface area contributed by atoms with Gasteiger partial charge in [0.15, 0.2) is 0 Å². The number of aryl methyl sites for hydroxylation is 2. The molecule has 0 radical (unpaired) electrons. The van der Waals surface area contributed by atoms with Crippen LogP contribution in [-0.2, 0) is 6.42 Å². The molecule has 0 nitrogen and oxygen atoms in total. The van der Waals surface area contributed by atoms with Gasteiger partial charge < -0.3 is 0 Å². The van der Waals surface area contributed by atoms with Gasteiger partial charge in [-0.3, -0.25) is 0 Å². The van der Waals surface area contributed by atoms with Gasteiger partial charge in [0.25, 0.3) is 0 Å². The molecule has 5 rings (SSSR count). The summed E-state index contributed by atoms with van der Waals surface area (Å²) in [6.07, 6.45) is 1.06. The predicted octanol–water partition coefficient (Wildman–Crippen LogP) is 7.33. The van der Waals surface area contributed by atoms with E-state index in [1.807, 2.05) is 22.7 Å². The molecule has 2 aromatic carbocycles. The number of rotatable bonds is 2. The predicted molar refractivity (Wildman–Crippen MR) is 111 cm³/mol. The molecular weight excluding hydrogens is 340 g/mol. The van der Waals surface area contributed by atoms with E-state index in [0.717, 1.165) is 6.42 Å². The molecule has 0 fully saturated rings. The molecule has 0 saturated carbocycles. The van der Waals surface area contributed by atoms with Gasteiger partial charge in [0, 0.05) is 19.5 Å². The van der Waals surface area contributed by atoms with E-state index in [2.05, 4.69) is 74.5 Å². The van der Waals surface area contributed by atoms with Crippen molar-refractivity contribution in [1.82, 2.24) is 0 Å². The normalized spacial score (nSPS) is 12.2. The summed E-state index contributed by atoms with van der Waals surface area (Å²) in [5, 5.41) is 0. The highest BCUT2D eigenvalue weighted by atomic mass is 32.1. The van der Waals surface area contributed by atoms with Crippen molar-refractivity contribution < 1.29 is 0 Å². The smallest absolute Gasteiger partial charge is 0.0449 e. The van der Waals surface area contributed by atoms with E-state index >= 15 is 0 Å². The third-order valence-electron chi connectivity index (χ3n) is 4.91. The van der Waals surface area contributed by atoms with E-state index in [0.29, 0.717) is 0 Å². The van der Waals surface area contributed by atoms with Crippen LogP contribution in [0.15, 0.2) is 60.7 Å². The standard InChI is InChI=1S/C23H18S2/c1-14-3-6-19-17(11-14)13-18-12-16(5-7-20(18)19)21-9-10-23(25-21)22-8-4-15(2)24-22/h3-12H,13H2,1-2H3. The number of fused-ring (bicyclic) bond motifs is 3. The second-order valence-corrected chi connectivity index (χ2v) is 9.16. The Morgan fingerprint density at radius 2 is 1.32 bits per heavy atom. The van der Waals surface area contributed by atoms with Gasteiger partial charge >= 0.3 is 0 Å². The molecule has 0 aliphatic heterocycles. The summed E-state index contributed by atoms with van der Waals surface area (Å²) in [7, 11) is 0. The van der Waals surface area contributed by atoms with Crippen molar-refractivity contribution in [3.8, 4) is 31.3 Å². The van der Waals surface area contributed by atoms with E-state index in [4.69, 9.17) is 0 Å². The minimum absolute atomic E-state index is 1.06. The van der Waals surface area contributed by atoms with Gasteiger partial charge in [-0.05, 0) is 78.4 Å². The van der Waals surface area contributed by atoms with Crippen LogP contribution < -0.4 is 0 Å². The van der Waals surface area contributed by atoms with Crippen LogP contribution in [0, 0.1) is 13.8 Å². The van der Waals surface area contributed by atoms with Crippen LogP contribution in [0.2, 0.25) is 0 Å². The average Bonchev–Trinajstić information content (AvgIpc) is 3.30. The van der Waals surface area contributed by atoms with E-state index in [1.165, 1.54) is 52.9 Å². The van der Waals surface area contributed by atoms with Crippen LogP contribution in [0.5, 0.6) is 0 Å². The molecule has 1 aliphatic rings. The Balaban J connectivity index is 1.52. The second kappa shape index (κ2) is 5.69. The third-order valence-corrected chi connectivity index (χ3v) is 7.24. The first kappa shape index (κ1) is 15.1. The molecule has 0 N–H and O–H groups in total. The van der Waals surface area contributed by atoms with E-state index in [-0.39, 0.29) is 0 Å². The Morgan fingerprint density at radius 1 is 0.640 bits per heavy atom. The summed E-state index contributed by atoms with van der Waals surface area (Å²) in [4.78, 5) is 5.47. The molecule has 0 saturated heterocycles. The molecule has 0 atom stereocenters. The van der Waals surface area contributed by atoms with Gasteiger partial charge in [-0.25, -0.2) is 0 Å². The third kappa shape index (κ3) is 2.57. The molecule has 2 heteroatoms. The quantitative estimate of drug-likeness (QED) is 0.310. The van der Waals surface area contributed by atoms with E-state index in [1.54, 1.807) is 0 Å². The summed E-state index contributed by atoms with van der Waals surface area (Å²) < 4.78 is 0. The molecule has 25 heavy (non-hydrogen) atoms. The first-order chi connectivity index (χ1) is 12.2. The fraction of sp³-hybridized carbons (Fsp3) is 0.130. The minimum atomic E-state index is 1.06. The maximum absolute atomic E-state index is 2.39. The van der Waals surface area contributed by atoms with Gasteiger partial charge in [0.2, 0.25) is 0 Å². The van der Waals surface area contributed by atoms with Crippen molar-refractivity contribution in [2.75, 3.05) is 0 Å². The molecule has 0 spiro atoms. The lowest BCUT2D eigenvalue weighted by Crippen LogP contribution is -1.82. The SMILES string of the molecule is Cc1ccc2c(c1)Cc1cc(-c3ccc(-c4ccc(C)s4)s3)ccc1-2. The highest BCUT2D eigenvalue weighted by Crippen LogP contribution is 2.42. The maximum atomic E-state index is 2.39.